The SMILES string of the molecule is Cc1ccccc1-c1c(C)c2sc3cc4ccccc4cc3c2c2ccc(-c3ccc4c5ccccc5n(C5=CCCC=C5)c4c3)cc12. The van der Waals surface area contributed by atoms with E-state index in [1.165, 1.54) is 103 Å². The van der Waals surface area contributed by atoms with E-state index in [0.717, 1.165) is 12.8 Å². The first-order valence-corrected chi connectivity index (χ1v) is 17.7. The van der Waals surface area contributed by atoms with E-state index >= 15 is 0 Å². The summed E-state index contributed by atoms with van der Waals surface area (Å²) in [6.07, 6.45) is 9.15. The van der Waals surface area contributed by atoms with Gasteiger partial charge in [0.05, 0.1) is 11.0 Å². The molecule has 48 heavy (non-hydrogen) atoms. The summed E-state index contributed by atoms with van der Waals surface area (Å²) in [5.41, 5.74) is 11.6. The molecule has 2 aromatic heterocycles. The zero-order valence-electron chi connectivity index (χ0n) is 27.0. The van der Waals surface area contributed by atoms with Crippen LogP contribution < -0.4 is 0 Å². The van der Waals surface area contributed by atoms with Crippen LogP contribution in [0.1, 0.15) is 24.0 Å². The molecule has 2 heterocycles. The smallest absolute Gasteiger partial charge is 0.0547 e. The number of thiophene rings is 1. The minimum atomic E-state index is 1.08. The molecule has 1 aliphatic rings. The molecule has 0 saturated heterocycles. The maximum absolute atomic E-state index is 2.46. The first-order valence-electron chi connectivity index (χ1n) is 16.9. The second-order valence-electron chi connectivity index (χ2n) is 13.3. The highest BCUT2D eigenvalue weighted by atomic mass is 32.1. The fourth-order valence-electron chi connectivity index (χ4n) is 8.17. The van der Waals surface area contributed by atoms with Gasteiger partial charge in [0.15, 0.2) is 0 Å². The Kier molecular flexibility index (Phi) is 6.07. The molecule has 0 aliphatic heterocycles. The quantitative estimate of drug-likeness (QED) is 0.183. The van der Waals surface area contributed by atoms with Gasteiger partial charge in [0.25, 0.3) is 0 Å². The maximum Gasteiger partial charge on any atom is 0.0547 e. The number of benzene rings is 7. The average Bonchev–Trinajstić information content (AvgIpc) is 3.67. The third-order valence-electron chi connectivity index (χ3n) is 10.5. The summed E-state index contributed by atoms with van der Waals surface area (Å²) in [6.45, 7) is 4.58. The predicted octanol–water partition coefficient (Wildman–Crippen LogP) is 13.6. The molecule has 0 unspecified atom stereocenters. The van der Waals surface area contributed by atoms with Crippen molar-refractivity contribution in [3.63, 3.8) is 0 Å². The van der Waals surface area contributed by atoms with Gasteiger partial charge in [-0.05, 0) is 118 Å². The fourth-order valence-corrected chi connectivity index (χ4v) is 9.43. The Hall–Kier alpha value is -5.44. The molecule has 9 aromatic rings. The highest BCUT2D eigenvalue weighted by Gasteiger charge is 2.20. The summed E-state index contributed by atoms with van der Waals surface area (Å²) in [7, 11) is 0. The van der Waals surface area contributed by atoms with Gasteiger partial charge in [-0.25, -0.2) is 0 Å². The first kappa shape index (κ1) is 27.7. The van der Waals surface area contributed by atoms with Crippen LogP contribution in [-0.2, 0) is 0 Å². The number of rotatable bonds is 3. The highest BCUT2D eigenvalue weighted by Crippen LogP contribution is 2.48. The summed E-state index contributed by atoms with van der Waals surface area (Å²) in [6, 6.07) is 45.5. The van der Waals surface area contributed by atoms with Crippen LogP contribution in [0, 0.1) is 13.8 Å². The van der Waals surface area contributed by atoms with Gasteiger partial charge in [-0.3, -0.25) is 0 Å². The third kappa shape index (κ3) is 4.03. The summed E-state index contributed by atoms with van der Waals surface area (Å²) in [5.74, 6) is 0. The molecule has 2 heteroatoms. The number of aromatic nitrogens is 1. The number of nitrogens with zero attached hydrogens (tertiary/aromatic N) is 1. The third-order valence-corrected chi connectivity index (χ3v) is 11.8. The Morgan fingerprint density at radius 2 is 1.31 bits per heavy atom. The number of aryl methyl sites for hydroxylation is 2. The lowest BCUT2D eigenvalue weighted by Crippen LogP contribution is -1.97. The van der Waals surface area contributed by atoms with Gasteiger partial charge in [0.2, 0.25) is 0 Å². The van der Waals surface area contributed by atoms with E-state index in [9.17, 15) is 0 Å². The lowest BCUT2D eigenvalue weighted by atomic mass is 9.87. The molecule has 7 aromatic carbocycles. The van der Waals surface area contributed by atoms with Crippen molar-refractivity contribution in [2.24, 2.45) is 0 Å². The summed E-state index contributed by atoms with van der Waals surface area (Å²) < 4.78 is 5.20. The molecular formula is C46H33NS. The van der Waals surface area contributed by atoms with Crippen LogP contribution in [0.3, 0.4) is 0 Å². The second kappa shape index (κ2) is 10.5. The second-order valence-corrected chi connectivity index (χ2v) is 14.3. The fraction of sp³-hybridized carbons (Fsp3) is 0.0870. The molecule has 0 bridgehead atoms. The van der Waals surface area contributed by atoms with Crippen LogP contribution in [0.5, 0.6) is 0 Å². The first-order chi connectivity index (χ1) is 23.6. The number of hydrogen-bond donors (Lipinski definition) is 0. The van der Waals surface area contributed by atoms with E-state index in [0.29, 0.717) is 0 Å². The topological polar surface area (TPSA) is 4.93 Å². The van der Waals surface area contributed by atoms with E-state index in [1.54, 1.807) is 0 Å². The van der Waals surface area contributed by atoms with Crippen molar-refractivity contribution in [3.8, 4) is 22.3 Å². The predicted molar refractivity (Wildman–Crippen MR) is 210 cm³/mol. The normalized spacial score (nSPS) is 13.5. The Labute approximate surface area is 283 Å². The number of fused-ring (bicyclic) bond motifs is 9. The van der Waals surface area contributed by atoms with Crippen molar-refractivity contribution in [3.05, 3.63) is 151 Å². The van der Waals surface area contributed by atoms with Gasteiger partial charge in [-0.2, -0.15) is 0 Å². The van der Waals surface area contributed by atoms with Crippen LogP contribution in [0.15, 0.2) is 140 Å². The number of allylic oxidation sites excluding steroid dienone is 4. The molecule has 228 valence electrons. The maximum atomic E-state index is 2.46. The zero-order valence-corrected chi connectivity index (χ0v) is 27.9. The molecule has 10 rings (SSSR count). The van der Waals surface area contributed by atoms with Gasteiger partial charge in [0, 0.05) is 36.6 Å². The van der Waals surface area contributed by atoms with E-state index in [-0.39, 0.29) is 0 Å². The van der Waals surface area contributed by atoms with Gasteiger partial charge in [-0.15, -0.1) is 11.3 Å². The van der Waals surface area contributed by atoms with Crippen LogP contribution >= 0.6 is 11.3 Å². The van der Waals surface area contributed by atoms with Gasteiger partial charge in [-0.1, -0.05) is 103 Å². The van der Waals surface area contributed by atoms with Crippen LogP contribution in [0.2, 0.25) is 0 Å². The molecular weight excluding hydrogens is 599 g/mol. The van der Waals surface area contributed by atoms with Crippen LogP contribution in [-0.4, -0.2) is 4.57 Å². The Bertz CT molecular complexity index is 2860. The summed E-state index contributed by atoms with van der Waals surface area (Å²) >= 11 is 1.94. The molecule has 1 aliphatic carbocycles. The van der Waals surface area contributed by atoms with Gasteiger partial charge < -0.3 is 4.57 Å². The minimum Gasteiger partial charge on any atom is -0.310 e. The minimum absolute atomic E-state index is 1.08. The zero-order chi connectivity index (χ0) is 31.9. The summed E-state index contributed by atoms with van der Waals surface area (Å²) in [5, 5.41) is 10.6. The molecule has 1 nitrogen and oxygen atoms in total. The molecule has 0 saturated carbocycles. The lowest BCUT2D eigenvalue weighted by molar-refractivity contribution is 1.02. The molecule has 0 spiro atoms. The van der Waals surface area contributed by atoms with Crippen LogP contribution in [0.25, 0.3) is 91.5 Å². The van der Waals surface area contributed by atoms with Crippen molar-refractivity contribution in [2.75, 3.05) is 0 Å². The molecule has 0 amide bonds. The summed E-state index contributed by atoms with van der Waals surface area (Å²) in [4.78, 5) is 0. The van der Waals surface area contributed by atoms with E-state index < -0.39 is 0 Å². The Morgan fingerprint density at radius 1 is 0.583 bits per heavy atom. The van der Waals surface area contributed by atoms with E-state index in [4.69, 9.17) is 0 Å². The standard InChI is InChI=1S/C46H33NS/c1-28-12-6-9-17-35(28)44-29(2)46-45(40-25-30-13-7-8-14-31(30)27-43(40)48-46)38-23-21-32(24-39(38)44)33-20-22-37-36-18-10-11-19-41(36)47(42(37)26-33)34-15-4-3-5-16-34/h4,6-27H,3,5H2,1-2H3. The van der Waals surface area contributed by atoms with Crippen molar-refractivity contribution in [1.82, 2.24) is 4.57 Å². The monoisotopic (exact) mass is 631 g/mol. The van der Waals surface area contributed by atoms with E-state index in [2.05, 4.69) is 158 Å². The lowest BCUT2D eigenvalue weighted by Gasteiger charge is -2.17. The van der Waals surface area contributed by atoms with Crippen LogP contribution in [0.4, 0.5) is 0 Å². The molecule has 0 N–H and O–H groups in total. The average molecular weight is 632 g/mol. The van der Waals surface area contributed by atoms with Crippen molar-refractivity contribution in [2.45, 2.75) is 26.7 Å². The molecule has 0 radical (unpaired) electrons. The van der Waals surface area contributed by atoms with Gasteiger partial charge >= 0.3 is 0 Å². The Balaban J connectivity index is 1.28. The molecule has 0 atom stereocenters. The van der Waals surface area contributed by atoms with E-state index in [1.807, 2.05) is 11.3 Å². The van der Waals surface area contributed by atoms with Crippen molar-refractivity contribution >= 4 is 80.6 Å². The number of hydrogen-bond acceptors (Lipinski definition) is 1. The largest absolute Gasteiger partial charge is 0.310 e. The Morgan fingerprint density at radius 3 is 2.15 bits per heavy atom. The molecule has 0 fully saturated rings. The number of para-hydroxylation sites is 1. The van der Waals surface area contributed by atoms with Gasteiger partial charge in [0.1, 0.15) is 0 Å². The highest BCUT2D eigenvalue weighted by molar-refractivity contribution is 7.26. The van der Waals surface area contributed by atoms with Crippen molar-refractivity contribution < 1.29 is 0 Å². The van der Waals surface area contributed by atoms with Crippen molar-refractivity contribution in [1.29, 1.82) is 0 Å².